The molecule has 0 heterocycles. The minimum atomic E-state index is -4.58. The Morgan fingerprint density at radius 3 is 2.50 bits per heavy atom. The van der Waals surface area contributed by atoms with Crippen LogP contribution in [0.4, 0.5) is 13.2 Å². The lowest BCUT2D eigenvalue weighted by Crippen LogP contribution is -2.37. The molecule has 2 rings (SSSR count). The number of sulfonamides is 1. The Labute approximate surface area is 120 Å². The standard InChI is InChI=1S/C12H13ClF3NO2S/c13-10-5-2-6-11(10)17-20(18,19)9-4-1-3-8(7-9)12(14,15)16/h1,3-4,7,10-11,17H,2,5-6H2. The second kappa shape index (κ2) is 5.54. The van der Waals surface area contributed by atoms with Crippen LogP contribution < -0.4 is 4.72 Å². The molecule has 1 aliphatic carbocycles. The summed E-state index contributed by atoms with van der Waals surface area (Å²) in [6, 6.07) is 3.23. The van der Waals surface area contributed by atoms with E-state index in [9.17, 15) is 21.6 Å². The Kier molecular flexibility index (Phi) is 4.32. The van der Waals surface area contributed by atoms with Gasteiger partial charge in [0.2, 0.25) is 10.0 Å². The van der Waals surface area contributed by atoms with Gasteiger partial charge in [0, 0.05) is 11.4 Å². The van der Waals surface area contributed by atoms with Gasteiger partial charge < -0.3 is 0 Å². The van der Waals surface area contributed by atoms with E-state index in [4.69, 9.17) is 11.6 Å². The summed E-state index contributed by atoms with van der Waals surface area (Å²) in [7, 11) is -3.99. The molecule has 1 N–H and O–H groups in total. The molecular formula is C12H13ClF3NO2S. The maximum Gasteiger partial charge on any atom is 0.416 e. The zero-order valence-corrected chi connectivity index (χ0v) is 11.9. The Hall–Kier alpha value is -0.790. The smallest absolute Gasteiger partial charge is 0.207 e. The molecule has 1 saturated carbocycles. The van der Waals surface area contributed by atoms with Crippen LogP contribution in [0.15, 0.2) is 29.2 Å². The van der Waals surface area contributed by atoms with Crippen molar-refractivity contribution in [2.45, 2.75) is 41.8 Å². The van der Waals surface area contributed by atoms with Gasteiger partial charge in [0.1, 0.15) is 0 Å². The minimum Gasteiger partial charge on any atom is -0.207 e. The number of benzene rings is 1. The number of hydrogen-bond acceptors (Lipinski definition) is 2. The molecule has 0 bridgehead atoms. The van der Waals surface area contributed by atoms with Gasteiger partial charge in [-0.25, -0.2) is 13.1 Å². The van der Waals surface area contributed by atoms with Crippen molar-refractivity contribution >= 4 is 21.6 Å². The third kappa shape index (κ3) is 3.45. The molecule has 1 aromatic rings. The van der Waals surface area contributed by atoms with Crippen LogP contribution in [0.25, 0.3) is 0 Å². The van der Waals surface area contributed by atoms with Crippen LogP contribution in [-0.4, -0.2) is 19.8 Å². The summed E-state index contributed by atoms with van der Waals surface area (Å²) in [6.45, 7) is 0. The first-order valence-corrected chi connectivity index (χ1v) is 7.96. The zero-order chi connectivity index (χ0) is 15.0. The van der Waals surface area contributed by atoms with Gasteiger partial charge >= 0.3 is 6.18 Å². The Morgan fingerprint density at radius 1 is 1.25 bits per heavy atom. The fourth-order valence-corrected chi connectivity index (χ4v) is 3.93. The molecule has 0 amide bonds. The third-order valence-corrected chi connectivity index (χ3v) is 5.22. The summed E-state index contributed by atoms with van der Waals surface area (Å²) in [4.78, 5) is -0.400. The largest absolute Gasteiger partial charge is 0.416 e. The van der Waals surface area contributed by atoms with Gasteiger partial charge in [-0.15, -0.1) is 11.6 Å². The van der Waals surface area contributed by atoms with Gasteiger partial charge in [0.25, 0.3) is 0 Å². The molecular weight excluding hydrogens is 315 g/mol. The lowest BCUT2D eigenvalue weighted by atomic mass is 10.2. The summed E-state index contributed by atoms with van der Waals surface area (Å²) in [5, 5.41) is -0.324. The first kappa shape index (κ1) is 15.6. The van der Waals surface area contributed by atoms with E-state index in [1.54, 1.807) is 0 Å². The molecule has 1 fully saturated rings. The fraction of sp³-hybridized carbons (Fsp3) is 0.500. The maximum absolute atomic E-state index is 12.6. The van der Waals surface area contributed by atoms with Crippen molar-refractivity contribution in [1.82, 2.24) is 4.72 Å². The van der Waals surface area contributed by atoms with Crippen LogP contribution in [0.2, 0.25) is 0 Å². The van der Waals surface area contributed by atoms with Crippen LogP contribution in [0.5, 0.6) is 0 Å². The second-order valence-corrected chi connectivity index (χ2v) is 6.97. The highest BCUT2D eigenvalue weighted by Crippen LogP contribution is 2.31. The van der Waals surface area contributed by atoms with Gasteiger partial charge in [0.15, 0.2) is 0 Å². The SMILES string of the molecule is O=S(=O)(NC1CCCC1Cl)c1cccc(C(F)(F)F)c1. The van der Waals surface area contributed by atoms with E-state index in [0.29, 0.717) is 18.9 Å². The van der Waals surface area contributed by atoms with Crippen molar-refractivity contribution in [3.8, 4) is 0 Å². The molecule has 20 heavy (non-hydrogen) atoms. The maximum atomic E-state index is 12.6. The predicted octanol–water partition coefficient (Wildman–Crippen LogP) is 3.14. The van der Waals surface area contributed by atoms with Crippen molar-refractivity contribution in [3.63, 3.8) is 0 Å². The lowest BCUT2D eigenvalue weighted by molar-refractivity contribution is -0.137. The predicted molar refractivity (Wildman–Crippen MR) is 69.0 cm³/mol. The van der Waals surface area contributed by atoms with E-state index in [-0.39, 0.29) is 5.38 Å². The summed E-state index contributed by atoms with van der Waals surface area (Å²) in [6.07, 6.45) is -2.50. The van der Waals surface area contributed by atoms with Gasteiger partial charge in [-0.3, -0.25) is 0 Å². The summed E-state index contributed by atoms with van der Waals surface area (Å²) in [5.74, 6) is 0. The molecule has 1 aliphatic rings. The number of hydrogen-bond donors (Lipinski definition) is 1. The highest BCUT2D eigenvalue weighted by molar-refractivity contribution is 7.89. The molecule has 0 saturated heterocycles. The van der Waals surface area contributed by atoms with Crippen LogP contribution in [0, 0.1) is 0 Å². The number of rotatable bonds is 3. The molecule has 8 heteroatoms. The van der Waals surface area contributed by atoms with Crippen molar-refractivity contribution in [1.29, 1.82) is 0 Å². The molecule has 1 aromatic carbocycles. The average Bonchev–Trinajstić information content (AvgIpc) is 2.73. The second-order valence-electron chi connectivity index (χ2n) is 4.70. The van der Waals surface area contributed by atoms with E-state index >= 15 is 0 Å². The van der Waals surface area contributed by atoms with E-state index in [1.165, 1.54) is 0 Å². The van der Waals surface area contributed by atoms with Crippen LogP contribution in [0.1, 0.15) is 24.8 Å². The number of halogens is 4. The minimum absolute atomic E-state index is 0.324. The molecule has 0 spiro atoms. The third-order valence-electron chi connectivity index (χ3n) is 3.21. The van der Waals surface area contributed by atoms with Crippen molar-refractivity contribution < 1.29 is 21.6 Å². The van der Waals surface area contributed by atoms with E-state index in [1.807, 2.05) is 0 Å². The number of nitrogens with one attached hydrogen (secondary N) is 1. The van der Waals surface area contributed by atoms with E-state index in [0.717, 1.165) is 24.6 Å². The fourth-order valence-electron chi connectivity index (χ4n) is 2.15. The molecule has 2 atom stereocenters. The Morgan fingerprint density at radius 2 is 1.95 bits per heavy atom. The first-order valence-electron chi connectivity index (χ1n) is 6.04. The summed E-state index contributed by atoms with van der Waals surface area (Å²) >= 11 is 5.97. The zero-order valence-electron chi connectivity index (χ0n) is 10.3. The van der Waals surface area contributed by atoms with Crippen LogP contribution in [0.3, 0.4) is 0 Å². The Bertz CT molecular complexity index is 589. The van der Waals surface area contributed by atoms with Crippen molar-refractivity contribution in [2.75, 3.05) is 0 Å². The van der Waals surface area contributed by atoms with Gasteiger partial charge in [-0.05, 0) is 31.0 Å². The molecule has 0 aliphatic heterocycles. The van der Waals surface area contributed by atoms with Crippen molar-refractivity contribution in [2.24, 2.45) is 0 Å². The summed E-state index contributed by atoms with van der Waals surface area (Å²) in [5.41, 5.74) is -0.991. The quantitative estimate of drug-likeness (QED) is 0.867. The highest BCUT2D eigenvalue weighted by Gasteiger charge is 2.33. The molecule has 112 valence electrons. The first-order chi connectivity index (χ1) is 9.20. The van der Waals surface area contributed by atoms with Gasteiger partial charge in [-0.2, -0.15) is 13.2 Å². The van der Waals surface area contributed by atoms with E-state index in [2.05, 4.69) is 4.72 Å². The van der Waals surface area contributed by atoms with Crippen molar-refractivity contribution in [3.05, 3.63) is 29.8 Å². The van der Waals surface area contributed by atoms with Gasteiger partial charge in [-0.1, -0.05) is 12.5 Å². The monoisotopic (exact) mass is 327 g/mol. The average molecular weight is 328 g/mol. The topological polar surface area (TPSA) is 46.2 Å². The molecule has 3 nitrogen and oxygen atoms in total. The number of alkyl halides is 4. The molecule has 0 aromatic heterocycles. The molecule has 2 unspecified atom stereocenters. The van der Waals surface area contributed by atoms with Gasteiger partial charge in [0.05, 0.1) is 10.5 Å². The normalized spacial score (nSPS) is 24.0. The Balaban J connectivity index is 2.25. The van der Waals surface area contributed by atoms with E-state index < -0.39 is 32.7 Å². The highest BCUT2D eigenvalue weighted by atomic mass is 35.5. The van der Waals surface area contributed by atoms with Crippen LogP contribution >= 0.6 is 11.6 Å². The van der Waals surface area contributed by atoms with Crippen LogP contribution in [-0.2, 0) is 16.2 Å². The lowest BCUT2D eigenvalue weighted by Gasteiger charge is -2.16. The molecule has 0 radical (unpaired) electrons. The summed E-state index contributed by atoms with van der Waals surface area (Å²) < 4.78 is 64.3.